The van der Waals surface area contributed by atoms with Crippen molar-refractivity contribution >= 4 is 5.95 Å². The first-order valence-electron chi connectivity index (χ1n) is 5.55. The maximum atomic E-state index is 5.39. The molecule has 88 valence electrons. The number of ether oxygens (including phenoxy) is 1. The van der Waals surface area contributed by atoms with Crippen LogP contribution in [-0.2, 0) is 0 Å². The summed E-state index contributed by atoms with van der Waals surface area (Å²) < 4.78 is 7.19. The molecule has 0 amide bonds. The van der Waals surface area contributed by atoms with Gasteiger partial charge >= 0.3 is 0 Å². The number of methoxy groups -OCH3 is 1. The van der Waals surface area contributed by atoms with Crippen molar-refractivity contribution in [3.63, 3.8) is 0 Å². The summed E-state index contributed by atoms with van der Waals surface area (Å²) in [6, 6.07) is 8.12. The molecule has 2 heterocycles. The van der Waals surface area contributed by atoms with Crippen LogP contribution in [0.1, 0.15) is 18.0 Å². The highest BCUT2D eigenvalue weighted by Gasteiger charge is 2.25. The highest BCUT2D eigenvalue weighted by molar-refractivity contribution is 5.39. The van der Waals surface area contributed by atoms with Gasteiger partial charge in [0.2, 0.25) is 5.95 Å². The minimum atomic E-state index is 0.136. The Bertz CT molecular complexity index is 524. The fraction of sp³-hybridized carbons (Fsp3) is 0.364. The third kappa shape index (κ3) is 1.61. The number of nitrogens with one attached hydrogen (secondary N) is 1. The van der Waals surface area contributed by atoms with Crippen LogP contribution >= 0.6 is 0 Å². The van der Waals surface area contributed by atoms with Crippen LogP contribution in [-0.4, -0.2) is 33.9 Å². The quantitative estimate of drug-likeness (QED) is 0.838. The van der Waals surface area contributed by atoms with Crippen LogP contribution in [0.2, 0.25) is 0 Å². The van der Waals surface area contributed by atoms with Gasteiger partial charge in [0.05, 0.1) is 13.2 Å². The van der Waals surface area contributed by atoms with Crippen LogP contribution in [0.25, 0.3) is 0 Å². The Hall–Kier alpha value is -2.11. The topological polar surface area (TPSA) is 64.9 Å². The van der Waals surface area contributed by atoms with Crippen LogP contribution in [0.5, 0.6) is 5.75 Å². The van der Waals surface area contributed by atoms with E-state index in [0.717, 1.165) is 24.3 Å². The van der Waals surface area contributed by atoms with Gasteiger partial charge in [-0.1, -0.05) is 23.3 Å². The Kier molecular flexibility index (Phi) is 2.40. The summed E-state index contributed by atoms with van der Waals surface area (Å²) in [5.74, 6) is 1.59. The second-order valence-electron chi connectivity index (χ2n) is 3.92. The monoisotopic (exact) mass is 231 g/mol. The predicted octanol–water partition coefficient (Wildman–Crippen LogP) is 1.09. The van der Waals surface area contributed by atoms with Crippen molar-refractivity contribution in [2.45, 2.75) is 12.5 Å². The van der Waals surface area contributed by atoms with Gasteiger partial charge in [0, 0.05) is 12.1 Å². The number of fused-ring (bicyclic) bond motifs is 1. The first-order valence-corrected chi connectivity index (χ1v) is 5.55. The molecule has 0 aliphatic carbocycles. The van der Waals surface area contributed by atoms with E-state index in [0.29, 0.717) is 5.95 Å². The lowest BCUT2D eigenvalue weighted by Crippen LogP contribution is -2.25. The minimum absolute atomic E-state index is 0.136. The van der Waals surface area contributed by atoms with E-state index in [1.165, 1.54) is 0 Å². The molecule has 0 bridgehead atoms. The lowest BCUT2D eigenvalue weighted by atomic mass is 10.0. The number of benzene rings is 1. The SMILES string of the molecule is COc1ccccc1C1CCNc2nnnn21. The minimum Gasteiger partial charge on any atom is -0.496 e. The zero-order valence-corrected chi connectivity index (χ0v) is 9.50. The van der Waals surface area contributed by atoms with Crippen molar-refractivity contribution in [3.8, 4) is 5.75 Å². The van der Waals surface area contributed by atoms with Gasteiger partial charge < -0.3 is 10.1 Å². The van der Waals surface area contributed by atoms with E-state index in [1.54, 1.807) is 11.8 Å². The van der Waals surface area contributed by atoms with E-state index in [9.17, 15) is 0 Å². The molecular weight excluding hydrogens is 218 g/mol. The standard InChI is InChI=1S/C11H13N5O/c1-17-10-5-3-2-4-8(10)9-6-7-12-11-13-14-15-16(9)11/h2-5,9H,6-7H2,1H3,(H,12,13,15). The molecule has 1 aliphatic rings. The summed E-state index contributed by atoms with van der Waals surface area (Å²) in [6.07, 6.45) is 0.943. The molecule has 1 aromatic heterocycles. The average molecular weight is 231 g/mol. The number of tetrazole rings is 1. The Balaban J connectivity index is 2.06. The number of anilines is 1. The smallest absolute Gasteiger partial charge is 0.243 e. The van der Waals surface area contributed by atoms with Crippen molar-refractivity contribution in [3.05, 3.63) is 29.8 Å². The molecule has 1 aliphatic heterocycles. The van der Waals surface area contributed by atoms with Crippen LogP contribution in [0, 0.1) is 0 Å². The molecule has 3 rings (SSSR count). The fourth-order valence-electron chi connectivity index (χ4n) is 2.19. The third-order valence-electron chi connectivity index (χ3n) is 2.99. The molecule has 1 aromatic carbocycles. The summed E-state index contributed by atoms with van der Waals surface area (Å²) in [4.78, 5) is 0. The summed E-state index contributed by atoms with van der Waals surface area (Å²) >= 11 is 0. The van der Waals surface area contributed by atoms with Crippen molar-refractivity contribution < 1.29 is 4.74 Å². The van der Waals surface area contributed by atoms with E-state index in [4.69, 9.17) is 4.74 Å². The maximum Gasteiger partial charge on any atom is 0.243 e. The van der Waals surface area contributed by atoms with E-state index in [-0.39, 0.29) is 6.04 Å². The van der Waals surface area contributed by atoms with Crippen LogP contribution in [0.3, 0.4) is 0 Å². The number of aromatic nitrogens is 4. The number of para-hydroxylation sites is 1. The van der Waals surface area contributed by atoms with Crippen molar-refractivity contribution in [1.29, 1.82) is 0 Å². The maximum absolute atomic E-state index is 5.39. The van der Waals surface area contributed by atoms with Crippen molar-refractivity contribution in [2.24, 2.45) is 0 Å². The molecule has 6 heteroatoms. The Morgan fingerprint density at radius 2 is 2.29 bits per heavy atom. The van der Waals surface area contributed by atoms with E-state index >= 15 is 0 Å². The van der Waals surface area contributed by atoms with Crippen LogP contribution in [0.15, 0.2) is 24.3 Å². The van der Waals surface area contributed by atoms with E-state index in [2.05, 4.69) is 26.9 Å². The van der Waals surface area contributed by atoms with Gasteiger partial charge in [0.25, 0.3) is 0 Å². The van der Waals surface area contributed by atoms with Crippen molar-refractivity contribution in [2.75, 3.05) is 19.0 Å². The van der Waals surface area contributed by atoms with E-state index in [1.807, 2.05) is 18.2 Å². The van der Waals surface area contributed by atoms with Gasteiger partial charge in [-0.25, -0.2) is 4.68 Å². The first kappa shape index (κ1) is 10.1. The number of hydrogen-bond donors (Lipinski definition) is 1. The lowest BCUT2D eigenvalue weighted by Gasteiger charge is -2.24. The van der Waals surface area contributed by atoms with Crippen LogP contribution < -0.4 is 10.1 Å². The lowest BCUT2D eigenvalue weighted by molar-refractivity contribution is 0.389. The summed E-state index contributed by atoms with van der Waals surface area (Å²) in [7, 11) is 1.68. The average Bonchev–Trinajstić information content (AvgIpc) is 2.86. The number of nitrogens with zero attached hydrogens (tertiary/aromatic N) is 4. The molecule has 0 radical (unpaired) electrons. The summed E-state index contributed by atoms with van der Waals surface area (Å²) in [5.41, 5.74) is 1.12. The highest BCUT2D eigenvalue weighted by atomic mass is 16.5. The largest absolute Gasteiger partial charge is 0.496 e. The van der Waals surface area contributed by atoms with Crippen molar-refractivity contribution in [1.82, 2.24) is 20.2 Å². The van der Waals surface area contributed by atoms with Gasteiger partial charge in [-0.3, -0.25) is 0 Å². The number of rotatable bonds is 2. The Morgan fingerprint density at radius 1 is 1.41 bits per heavy atom. The van der Waals surface area contributed by atoms with Gasteiger partial charge in [-0.2, -0.15) is 0 Å². The summed E-state index contributed by atoms with van der Waals surface area (Å²) in [6.45, 7) is 0.864. The molecule has 0 fully saturated rings. The van der Waals surface area contributed by atoms with Gasteiger partial charge in [-0.15, -0.1) is 0 Å². The van der Waals surface area contributed by atoms with E-state index < -0.39 is 0 Å². The fourth-order valence-corrected chi connectivity index (χ4v) is 2.19. The Labute approximate surface area is 98.6 Å². The second-order valence-corrected chi connectivity index (χ2v) is 3.92. The molecule has 0 saturated heterocycles. The van der Waals surface area contributed by atoms with Gasteiger partial charge in [0.1, 0.15) is 5.75 Å². The zero-order chi connectivity index (χ0) is 11.7. The molecule has 1 N–H and O–H groups in total. The summed E-state index contributed by atoms with van der Waals surface area (Å²) in [5, 5.41) is 14.8. The molecule has 6 nitrogen and oxygen atoms in total. The normalized spacial score (nSPS) is 18.3. The highest BCUT2D eigenvalue weighted by Crippen LogP contribution is 2.32. The zero-order valence-electron chi connectivity index (χ0n) is 9.50. The second kappa shape index (κ2) is 4.04. The molecule has 1 atom stereocenters. The predicted molar refractivity (Wildman–Crippen MR) is 62.1 cm³/mol. The van der Waals surface area contributed by atoms with Gasteiger partial charge in [0.15, 0.2) is 0 Å². The Morgan fingerprint density at radius 3 is 3.18 bits per heavy atom. The third-order valence-corrected chi connectivity index (χ3v) is 2.99. The van der Waals surface area contributed by atoms with Gasteiger partial charge in [-0.05, 0) is 22.9 Å². The van der Waals surface area contributed by atoms with Crippen LogP contribution in [0.4, 0.5) is 5.95 Å². The molecule has 17 heavy (non-hydrogen) atoms. The molecular formula is C11H13N5O. The number of hydrogen-bond acceptors (Lipinski definition) is 5. The first-order chi connectivity index (χ1) is 8.40. The molecule has 1 unspecified atom stereocenters. The molecule has 0 spiro atoms. The molecule has 2 aromatic rings. The molecule has 0 saturated carbocycles.